The van der Waals surface area contributed by atoms with Gasteiger partial charge >= 0.3 is 0 Å². The molecule has 1 aromatic heterocycles. The second-order valence-electron chi connectivity index (χ2n) is 3.70. The van der Waals surface area contributed by atoms with E-state index in [0.717, 1.165) is 0 Å². The average Bonchev–Trinajstić information content (AvgIpc) is 2.94. The molecule has 0 spiro atoms. The van der Waals surface area contributed by atoms with Gasteiger partial charge < -0.3 is 0 Å². The summed E-state index contributed by atoms with van der Waals surface area (Å²) in [5.41, 5.74) is 4.13. The minimum absolute atomic E-state index is 1.30. The summed E-state index contributed by atoms with van der Waals surface area (Å²) in [5.74, 6) is 1.61. The minimum Gasteiger partial charge on any atom is -0.152 e. The zero-order valence-electron chi connectivity index (χ0n) is 7.86. The molecular weight excluding hydrogens is 188 g/mol. The molecule has 1 heterocycles. The van der Waals surface area contributed by atoms with Gasteiger partial charge in [0.25, 0.3) is 0 Å². The van der Waals surface area contributed by atoms with Crippen molar-refractivity contribution < 1.29 is 0 Å². The highest BCUT2D eigenvalue weighted by Crippen LogP contribution is 2.40. The van der Waals surface area contributed by atoms with E-state index in [1.807, 2.05) is 0 Å². The predicted octanol–water partition coefficient (Wildman–Crippen LogP) is 4.13. The van der Waals surface area contributed by atoms with Gasteiger partial charge in [0, 0.05) is 5.92 Å². The van der Waals surface area contributed by atoms with Crippen molar-refractivity contribution in [2.45, 2.75) is 12.8 Å². The van der Waals surface area contributed by atoms with Crippen molar-refractivity contribution in [3.8, 4) is 11.1 Å². The molecule has 1 aliphatic carbocycles. The van der Waals surface area contributed by atoms with Gasteiger partial charge in [-0.3, -0.25) is 0 Å². The van der Waals surface area contributed by atoms with Gasteiger partial charge in [-0.2, -0.15) is 11.3 Å². The highest BCUT2D eigenvalue weighted by Gasteiger charge is 2.24. The smallest absolute Gasteiger partial charge is 0.00507 e. The van der Waals surface area contributed by atoms with E-state index in [4.69, 9.17) is 0 Å². The van der Waals surface area contributed by atoms with Gasteiger partial charge in [0.05, 0.1) is 0 Å². The Labute approximate surface area is 88.2 Å². The van der Waals surface area contributed by atoms with Crippen LogP contribution in [0.1, 0.15) is 18.4 Å². The van der Waals surface area contributed by atoms with Gasteiger partial charge in [-0.1, -0.05) is 24.3 Å². The number of benzene rings is 1. The molecule has 1 saturated carbocycles. The Bertz CT molecular complexity index is 424. The van der Waals surface area contributed by atoms with Gasteiger partial charge in [0.1, 0.15) is 0 Å². The third kappa shape index (κ3) is 1.48. The summed E-state index contributed by atoms with van der Waals surface area (Å²) in [4.78, 5) is 0. The number of hydrogen-bond donors (Lipinski definition) is 0. The molecule has 1 fully saturated rings. The fraction of sp³-hybridized carbons (Fsp3) is 0.154. The highest BCUT2D eigenvalue weighted by atomic mass is 32.1. The Morgan fingerprint density at radius 3 is 2.50 bits per heavy atom. The molecular formula is C13H11S. The highest BCUT2D eigenvalue weighted by molar-refractivity contribution is 7.08. The van der Waals surface area contributed by atoms with Crippen LogP contribution in [0, 0.1) is 5.92 Å². The average molecular weight is 199 g/mol. The lowest BCUT2D eigenvalue weighted by Crippen LogP contribution is -1.80. The molecule has 1 radical (unpaired) electrons. The molecule has 1 aliphatic rings. The van der Waals surface area contributed by atoms with E-state index < -0.39 is 0 Å². The number of thiophene rings is 1. The van der Waals surface area contributed by atoms with Gasteiger partial charge in [-0.05, 0) is 46.4 Å². The van der Waals surface area contributed by atoms with Crippen molar-refractivity contribution in [1.29, 1.82) is 0 Å². The molecule has 1 aromatic carbocycles. The van der Waals surface area contributed by atoms with E-state index >= 15 is 0 Å². The van der Waals surface area contributed by atoms with Gasteiger partial charge in [0.2, 0.25) is 0 Å². The fourth-order valence-corrected chi connectivity index (χ4v) is 2.36. The largest absolute Gasteiger partial charge is 0.152 e. The third-order valence-electron chi connectivity index (χ3n) is 2.63. The molecule has 0 saturated heterocycles. The first-order valence-corrected chi connectivity index (χ1v) is 5.85. The Kier molecular flexibility index (Phi) is 1.91. The van der Waals surface area contributed by atoms with Crippen molar-refractivity contribution in [1.82, 2.24) is 0 Å². The molecule has 0 bridgehead atoms. The van der Waals surface area contributed by atoms with Crippen LogP contribution in [0.15, 0.2) is 41.1 Å². The first-order valence-electron chi connectivity index (χ1n) is 4.91. The van der Waals surface area contributed by atoms with E-state index in [2.05, 4.69) is 41.1 Å². The maximum absolute atomic E-state index is 2.31. The summed E-state index contributed by atoms with van der Waals surface area (Å²) in [6.45, 7) is 0. The summed E-state index contributed by atoms with van der Waals surface area (Å²) in [5, 5.41) is 4.34. The fourth-order valence-electron chi connectivity index (χ4n) is 1.70. The van der Waals surface area contributed by atoms with E-state index in [9.17, 15) is 0 Å². The van der Waals surface area contributed by atoms with Crippen LogP contribution in [0.5, 0.6) is 0 Å². The lowest BCUT2D eigenvalue weighted by atomic mass is 10.0. The molecule has 14 heavy (non-hydrogen) atoms. The molecule has 69 valence electrons. The van der Waals surface area contributed by atoms with Crippen LogP contribution in [0.3, 0.4) is 0 Å². The van der Waals surface area contributed by atoms with Gasteiger partial charge in [0.15, 0.2) is 0 Å². The van der Waals surface area contributed by atoms with Crippen LogP contribution in [0.25, 0.3) is 11.1 Å². The van der Waals surface area contributed by atoms with Gasteiger partial charge in [-0.15, -0.1) is 0 Å². The van der Waals surface area contributed by atoms with Gasteiger partial charge in [-0.25, -0.2) is 0 Å². The second kappa shape index (κ2) is 3.25. The van der Waals surface area contributed by atoms with Crippen molar-refractivity contribution in [2.75, 3.05) is 0 Å². The molecule has 0 N–H and O–H groups in total. The lowest BCUT2D eigenvalue weighted by Gasteiger charge is -2.01. The number of hydrogen-bond acceptors (Lipinski definition) is 1. The van der Waals surface area contributed by atoms with Crippen molar-refractivity contribution in [2.24, 2.45) is 0 Å². The maximum atomic E-state index is 2.31. The summed E-state index contributed by atoms with van der Waals surface area (Å²) in [6.07, 6.45) is 2.60. The normalized spacial score (nSPS) is 15.7. The topological polar surface area (TPSA) is 0 Å². The van der Waals surface area contributed by atoms with Crippen LogP contribution >= 0.6 is 11.3 Å². The quantitative estimate of drug-likeness (QED) is 0.682. The van der Waals surface area contributed by atoms with Crippen LogP contribution < -0.4 is 0 Å². The molecule has 0 amide bonds. The number of rotatable bonds is 2. The van der Waals surface area contributed by atoms with E-state index in [-0.39, 0.29) is 0 Å². The standard InChI is InChI=1S/C13H11S/c1-2-11(10-4-5-10)8-12(3-1)13-6-7-14-9-13/h1-3,6-9H,4-5H2. The zero-order chi connectivity index (χ0) is 9.38. The van der Waals surface area contributed by atoms with Crippen LogP contribution in [0.4, 0.5) is 0 Å². The lowest BCUT2D eigenvalue weighted by molar-refractivity contribution is 1.41. The first kappa shape index (κ1) is 8.25. The predicted molar refractivity (Wildman–Crippen MR) is 61.3 cm³/mol. The van der Waals surface area contributed by atoms with E-state index in [1.54, 1.807) is 17.3 Å². The van der Waals surface area contributed by atoms with Crippen LogP contribution in [-0.4, -0.2) is 0 Å². The summed E-state index contributed by atoms with van der Waals surface area (Å²) < 4.78 is 0. The molecule has 2 aromatic rings. The SMILES string of the molecule is c1cc([C]2CC2)cc(-c2ccsc2)c1. The molecule has 0 aliphatic heterocycles. The third-order valence-corrected chi connectivity index (χ3v) is 3.31. The molecule has 3 rings (SSSR count). The second-order valence-corrected chi connectivity index (χ2v) is 4.48. The zero-order valence-corrected chi connectivity index (χ0v) is 8.68. The molecule has 1 heteroatoms. The van der Waals surface area contributed by atoms with Crippen molar-refractivity contribution >= 4 is 11.3 Å². The molecule has 0 unspecified atom stereocenters. The summed E-state index contributed by atoms with van der Waals surface area (Å²) >= 11 is 1.76. The molecule has 0 nitrogen and oxygen atoms in total. The van der Waals surface area contributed by atoms with Crippen LogP contribution in [-0.2, 0) is 0 Å². The maximum Gasteiger partial charge on any atom is 0.00507 e. The minimum atomic E-state index is 1.30. The Morgan fingerprint density at radius 2 is 1.79 bits per heavy atom. The van der Waals surface area contributed by atoms with Crippen molar-refractivity contribution in [3.05, 3.63) is 52.6 Å². The summed E-state index contributed by atoms with van der Waals surface area (Å²) in [6, 6.07) is 11.1. The Morgan fingerprint density at radius 1 is 0.929 bits per heavy atom. The van der Waals surface area contributed by atoms with E-state index in [1.165, 1.54) is 29.5 Å². The van der Waals surface area contributed by atoms with Crippen molar-refractivity contribution in [3.63, 3.8) is 0 Å². The first-order chi connectivity index (χ1) is 6.93. The Hall–Kier alpha value is -1.08. The molecule has 0 atom stereocenters. The summed E-state index contributed by atoms with van der Waals surface area (Å²) in [7, 11) is 0. The van der Waals surface area contributed by atoms with Crippen LogP contribution in [0.2, 0.25) is 0 Å². The Balaban J connectivity index is 2.02. The van der Waals surface area contributed by atoms with E-state index in [0.29, 0.717) is 0 Å². The monoisotopic (exact) mass is 199 g/mol.